The Morgan fingerprint density at radius 3 is 2.18 bits per heavy atom. The number of rotatable bonds is 8. The number of amides is 1. The maximum atomic E-state index is 13.0. The third-order valence-corrected chi connectivity index (χ3v) is 9.09. The summed E-state index contributed by atoms with van der Waals surface area (Å²) in [6.45, 7) is 8.97. The number of anilines is 1. The average molecular weight is 658 g/mol. The van der Waals surface area contributed by atoms with E-state index in [9.17, 15) is 21.6 Å². The third kappa shape index (κ3) is 9.83. The molecule has 1 amide bonds. The Balaban J connectivity index is 0.000000854. The largest absolute Gasteiger partial charge is 0.412 e. The van der Waals surface area contributed by atoms with E-state index in [4.69, 9.17) is 4.55 Å². The summed E-state index contributed by atoms with van der Waals surface area (Å²) in [6, 6.07) is 16.3. The fourth-order valence-corrected chi connectivity index (χ4v) is 6.62. The number of benzene rings is 3. The molecule has 0 spiro atoms. The van der Waals surface area contributed by atoms with Crippen LogP contribution in [0.15, 0.2) is 59.5 Å². The van der Waals surface area contributed by atoms with Crippen LogP contribution in [0.1, 0.15) is 46.3 Å². The highest BCUT2D eigenvalue weighted by Gasteiger charge is 2.19. The monoisotopic (exact) mass is 657 g/mol. The summed E-state index contributed by atoms with van der Waals surface area (Å²) >= 11 is 0. The first-order chi connectivity index (χ1) is 20.7. The zero-order valence-electron chi connectivity index (χ0n) is 25.7. The number of nitrogens with zero attached hydrogens (tertiary/aromatic N) is 4. The molecule has 242 valence electrons. The topological polar surface area (TPSA) is 191 Å². The van der Waals surface area contributed by atoms with E-state index < -0.39 is 25.9 Å². The van der Waals surface area contributed by atoms with Gasteiger partial charge in [0.1, 0.15) is 5.52 Å². The minimum Gasteiger partial charge on any atom is -0.412 e. The normalized spacial score (nSPS) is 13.5. The summed E-state index contributed by atoms with van der Waals surface area (Å²) in [5.41, 5.74) is 6.97. The van der Waals surface area contributed by atoms with Gasteiger partial charge in [0.25, 0.3) is 16.0 Å². The van der Waals surface area contributed by atoms with E-state index in [0.29, 0.717) is 23.7 Å². The number of hydrogen-bond acceptors (Lipinski definition) is 9. The van der Waals surface area contributed by atoms with Gasteiger partial charge >= 0.3 is 0 Å². The number of aryl methyl sites for hydroxylation is 3. The fraction of sp³-hybridized carbons (Fsp3) is 0.355. The first kappa shape index (κ1) is 35.7. The van der Waals surface area contributed by atoms with Crippen LogP contribution in [-0.4, -0.2) is 84.5 Å². The van der Waals surface area contributed by atoms with Crippen LogP contribution in [0.3, 0.4) is 0 Å². The van der Waals surface area contributed by atoms with Gasteiger partial charge in [0.2, 0.25) is 5.95 Å². The molecule has 4 aromatic rings. The van der Waals surface area contributed by atoms with Crippen LogP contribution in [0, 0.1) is 20.8 Å². The predicted octanol–water partition coefficient (Wildman–Crippen LogP) is 3.81. The Kier molecular flexibility index (Phi) is 11.9. The van der Waals surface area contributed by atoms with Crippen molar-refractivity contribution in [3.8, 4) is 11.1 Å². The molecule has 1 aliphatic heterocycles. The van der Waals surface area contributed by atoms with Gasteiger partial charge in [-0.3, -0.25) is 14.7 Å². The second-order valence-electron chi connectivity index (χ2n) is 11.0. The summed E-state index contributed by atoms with van der Waals surface area (Å²) in [5, 5.41) is 11.1. The first-order valence-corrected chi connectivity index (χ1v) is 17.7. The number of fused-ring (bicyclic) bond motifs is 1. The summed E-state index contributed by atoms with van der Waals surface area (Å²) in [6.07, 6.45) is 3.63. The summed E-state index contributed by atoms with van der Waals surface area (Å²) < 4.78 is 51.7. The van der Waals surface area contributed by atoms with Crippen LogP contribution >= 0.6 is 0 Å². The van der Waals surface area contributed by atoms with E-state index in [0.717, 1.165) is 36.3 Å². The van der Waals surface area contributed by atoms with Crippen LogP contribution < -0.4 is 5.32 Å². The second-order valence-corrected chi connectivity index (χ2v) is 14.6. The highest BCUT2D eigenvalue weighted by Crippen LogP contribution is 2.30. The Hall–Kier alpha value is -3.82. The van der Waals surface area contributed by atoms with Crippen molar-refractivity contribution in [2.75, 3.05) is 37.0 Å². The lowest BCUT2D eigenvalue weighted by molar-refractivity contribution is 0.102. The lowest BCUT2D eigenvalue weighted by atomic mass is 9.94. The van der Waals surface area contributed by atoms with E-state index in [1.807, 2.05) is 19.1 Å². The molecule has 3 aromatic carbocycles. The maximum Gasteiger partial charge on any atom is 0.261 e. The minimum absolute atomic E-state index is 0. The van der Waals surface area contributed by atoms with Crippen molar-refractivity contribution < 1.29 is 31.7 Å². The molecule has 45 heavy (non-hydrogen) atoms. The molecule has 1 aromatic heterocycles. The minimum atomic E-state index is -3.67. The maximum absolute atomic E-state index is 13.0. The zero-order valence-corrected chi connectivity index (χ0v) is 27.4. The smallest absolute Gasteiger partial charge is 0.261 e. The van der Waals surface area contributed by atoms with Crippen LogP contribution in [0.5, 0.6) is 0 Å². The Labute approximate surface area is 263 Å². The van der Waals surface area contributed by atoms with Crippen LogP contribution in [0.4, 0.5) is 5.95 Å². The molecular formula is C31H39N5O7S2. The summed E-state index contributed by atoms with van der Waals surface area (Å²) in [7, 11) is -7.17. The van der Waals surface area contributed by atoms with E-state index in [-0.39, 0.29) is 27.6 Å². The molecule has 12 nitrogen and oxygen atoms in total. The standard InChI is InChI=1S/C30H33N5O3S.CH4O3S.H2O/c1-20-9-6-10-21(2)27(20)24-17-22(3)28-26(19-24)33-34-30(31-28)32-29(36)23-11-7-12-25(18-23)39(37,38)16-8-15-35-13-4-5-14-35;1-5(2,3)4;/h6-7,9-12,17-19H,4-5,8,13-16H2,1-3H3,(H,31,32,34,36);1H3,(H,2,3,4);1H2. The molecule has 5 rings (SSSR count). The summed E-state index contributed by atoms with van der Waals surface area (Å²) in [5.74, 6) is -0.375. The van der Waals surface area contributed by atoms with Crippen molar-refractivity contribution >= 4 is 42.8 Å². The van der Waals surface area contributed by atoms with Crippen LogP contribution in [0.25, 0.3) is 22.2 Å². The molecule has 0 atom stereocenters. The highest BCUT2D eigenvalue weighted by molar-refractivity contribution is 7.91. The van der Waals surface area contributed by atoms with Gasteiger partial charge in [-0.2, -0.15) is 8.42 Å². The van der Waals surface area contributed by atoms with Gasteiger partial charge in [-0.1, -0.05) is 24.3 Å². The lowest BCUT2D eigenvalue weighted by Gasteiger charge is -2.14. The van der Waals surface area contributed by atoms with Gasteiger partial charge in [-0.05, 0) is 118 Å². The fourth-order valence-electron chi connectivity index (χ4n) is 5.29. The molecule has 0 aliphatic carbocycles. The van der Waals surface area contributed by atoms with Crippen molar-refractivity contribution in [3.05, 3.63) is 76.9 Å². The van der Waals surface area contributed by atoms with E-state index in [2.05, 4.69) is 57.4 Å². The molecular weight excluding hydrogens is 619 g/mol. The van der Waals surface area contributed by atoms with Gasteiger partial charge in [-0.25, -0.2) is 13.4 Å². The molecule has 0 unspecified atom stereocenters. The van der Waals surface area contributed by atoms with Gasteiger partial charge in [0.15, 0.2) is 9.84 Å². The number of carbonyl (C=O) groups excluding carboxylic acids is 1. The molecule has 2 heterocycles. The second kappa shape index (κ2) is 15.0. The van der Waals surface area contributed by atoms with Crippen LogP contribution in [-0.2, 0) is 20.0 Å². The quantitative estimate of drug-likeness (QED) is 0.263. The van der Waals surface area contributed by atoms with Crippen molar-refractivity contribution in [3.63, 3.8) is 0 Å². The predicted molar refractivity (Wildman–Crippen MR) is 175 cm³/mol. The Bertz CT molecular complexity index is 1860. The van der Waals surface area contributed by atoms with E-state index >= 15 is 0 Å². The third-order valence-electron chi connectivity index (χ3n) is 7.29. The molecule has 1 fully saturated rings. The van der Waals surface area contributed by atoms with E-state index in [1.54, 1.807) is 12.1 Å². The number of sulfone groups is 1. The van der Waals surface area contributed by atoms with Crippen molar-refractivity contribution in [2.24, 2.45) is 0 Å². The first-order valence-electron chi connectivity index (χ1n) is 14.2. The van der Waals surface area contributed by atoms with Gasteiger partial charge < -0.3 is 10.4 Å². The molecule has 4 N–H and O–H groups in total. The van der Waals surface area contributed by atoms with Gasteiger partial charge in [0.05, 0.1) is 22.4 Å². The SMILES string of the molecule is CS(=O)(=O)O.Cc1cccc(C)c1-c1cc(C)c2nc(NC(=O)c3cccc(S(=O)(=O)CCCN4CCCC4)c3)nnc2c1.O. The number of nitrogens with one attached hydrogen (secondary N) is 1. The average Bonchev–Trinajstić information content (AvgIpc) is 3.46. The summed E-state index contributed by atoms with van der Waals surface area (Å²) in [4.78, 5) is 20.0. The highest BCUT2D eigenvalue weighted by atomic mass is 32.2. The van der Waals surface area contributed by atoms with Crippen molar-refractivity contribution in [1.29, 1.82) is 0 Å². The number of hydrogen-bond donors (Lipinski definition) is 2. The molecule has 0 bridgehead atoms. The Morgan fingerprint density at radius 1 is 0.911 bits per heavy atom. The molecule has 0 radical (unpaired) electrons. The number of aromatic nitrogens is 3. The zero-order chi connectivity index (χ0) is 32.1. The van der Waals surface area contributed by atoms with Crippen molar-refractivity contribution in [2.45, 2.75) is 44.9 Å². The molecule has 0 saturated carbocycles. The number of likely N-dealkylation sites (tertiary alicyclic amines) is 1. The van der Waals surface area contributed by atoms with Crippen molar-refractivity contribution in [1.82, 2.24) is 20.1 Å². The molecule has 14 heteroatoms. The lowest BCUT2D eigenvalue weighted by Crippen LogP contribution is -2.22. The molecule has 1 saturated heterocycles. The Morgan fingerprint density at radius 2 is 1.53 bits per heavy atom. The molecule has 1 aliphatic rings. The van der Waals surface area contributed by atoms with Gasteiger partial charge in [0, 0.05) is 5.56 Å². The number of carbonyl (C=O) groups is 1. The van der Waals surface area contributed by atoms with Gasteiger partial charge in [-0.15, -0.1) is 10.2 Å². The van der Waals surface area contributed by atoms with E-state index in [1.165, 1.54) is 36.1 Å². The van der Waals surface area contributed by atoms with Crippen LogP contribution in [0.2, 0.25) is 0 Å².